The summed E-state index contributed by atoms with van der Waals surface area (Å²) < 4.78 is 6.52. The minimum absolute atomic E-state index is 0. The van der Waals surface area contributed by atoms with Crippen LogP contribution in [0, 0.1) is 23.7 Å². The van der Waals surface area contributed by atoms with Crippen LogP contribution in [0.5, 0.6) is 0 Å². The molecule has 8 atom stereocenters. The predicted octanol–water partition coefficient (Wildman–Crippen LogP) is 4.91. The number of benzene rings is 1. The maximum atomic E-state index is 14.3. The fourth-order valence-corrected chi connectivity index (χ4v) is 7.75. The van der Waals surface area contributed by atoms with Crippen molar-refractivity contribution in [2.75, 3.05) is 31.5 Å². The first-order valence-corrected chi connectivity index (χ1v) is 15.8. The Morgan fingerprint density at radius 3 is 2.55 bits per heavy atom. The summed E-state index contributed by atoms with van der Waals surface area (Å²) in [5.74, 6) is -1.27. The molecule has 42 heavy (non-hydrogen) atoms. The van der Waals surface area contributed by atoms with Crippen LogP contribution in [0.25, 0.3) is 0 Å². The maximum Gasteiger partial charge on any atom is 0.246 e. The molecule has 232 valence electrons. The van der Waals surface area contributed by atoms with E-state index in [1.807, 2.05) is 12.2 Å². The summed E-state index contributed by atoms with van der Waals surface area (Å²) in [5.41, 5.74) is -0.596. The van der Waals surface area contributed by atoms with E-state index in [2.05, 4.69) is 43.2 Å². The molecule has 3 heterocycles. The molecule has 10 heteroatoms. The molecular weight excluding hydrogens is 575 g/mol. The second-order valence-electron chi connectivity index (χ2n) is 12.5. The lowest BCUT2D eigenvalue weighted by molar-refractivity contribution is -0.141. The summed E-state index contributed by atoms with van der Waals surface area (Å²) in [6.45, 7) is 11.7. The van der Waals surface area contributed by atoms with Gasteiger partial charge in [-0.05, 0) is 62.4 Å². The highest BCUT2D eigenvalue weighted by atomic mass is 35.5. The maximum absolute atomic E-state index is 14.3. The van der Waals surface area contributed by atoms with Gasteiger partial charge in [0.1, 0.15) is 11.6 Å². The lowest BCUT2D eigenvalue weighted by atomic mass is 9.73. The Kier molecular flexibility index (Phi) is 10.7. The van der Waals surface area contributed by atoms with E-state index in [-0.39, 0.29) is 36.2 Å². The average molecular weight is 622 g/mol. The molecule has 0 aromatic heterocycles. The van der Waals surface area contributed by atoms with Crippen LogP contribution in [0.15, 0.2) is 36.4 Å². The second-order valence-corrected chi connectivity index (χ2v) is 12.9. The summed E-state index contributed by atoms with van der Waals surface area (Å²) in [4.78, 5) is 46.2. The standard InChI is InChI=1S/C32H45ClN4O4.ClH/c1-5-15-36(16-6-2)17-18-37-28(30(39)35-24-12-7-9-20(3)21(24)4)32-14-13-25(41-32)26(27(32)31(37)40)29(38)34-23-11-8-10-22(33)19-23;/h8,10-11,13-14,19-21,24-28H,5-7,9,12,15-18H2,1-4H3,(H,34,38)(H,35,39);1H/t20?,21?,24?,25-,26?,27-,28?,32?;/m0./s1. The number of fused-ring (bicyclic) bond motifs is 1. The normalized spacial score (nSPS) is 33.0. The number of carbonyl (C=O) groups is 3. The summed E-state index contributed by atoms with van der Waals surface area (Å²) in [6.07, 6.45) is 8.38. The molecule has 1 aromatic carbocycles. The van der Waals surface area contributed by atoms with Crippen molar-refractivity contribution in [1.82, 2.24) is 15.1 Å². The molecule has 2 saturated heterocycles. The molecule has 6 unspecified atom stereocenters. The van der Waals surface area contributed by atoms with Crippen molar-refractivity contribution >= 4 is 47.4 Å². The Bertz CT molecular complexity index is 1170. The second kappa shape index (κ2) is 13.7. The monoisotopic (exact) mass is 620 g/mol. The van der Waals surface area contributed by atoms with Gasteiger partial charge in [0.05, 0.1) is 17.9 Å². The van der Waals surface area contributed by atoms with Gasteiger partial charge in [-0.2, -0.15) is 0 Å². The van der Waals surface area contributed by atoms with E-state index in [0.29, 0.717) is 35.6 Å². The molecule has 0 radical (unpaired) electrons. The summed E-state index contributed by atoms with van der Waals surface area (Å²) in [7, 11) is 0. The van der Waals surface area contributed by atoms with Gasteiger partial charge in [-0.1, -0.05) is 70.4 Å². The zero-order valence-electron chi connectivity index (χ0n) is 25.2. The number of halogens is 2. The number of hydrogen-bond donors (Lipinski definition) is 2. The van der Waals surface area contributed by atoms with Gasteiger partial charge in [-0.25, -0.2) is 0 Å². The van der Waals surface area contributed by atoms with Gasteiger partial charge in [0, 0.05) is 29.8 Å². The summed E-state index contributed by atoms with van der Waals surface area (Å²) in [5, 5.41) is 6.79. The Balaban J connectivity index is 0.00000405. The van der Waals surface area contributed by atoms with Crippen molar-refractivity contribution in [3.8, 4) is 0 Å². The molecule has 1 saturated carbocycles. The highest BCUT2D eigenvalue weighted by molar-refractivity contribution is 6.30. The van der Waals surface area contributed by atoms with Crippen LogP contribution < -0.4 is 10.6 Å². The number of hydrogen-bond acceptors (Lipinski definition) is 5. The van der Waals surface area contributed by atoms with Gasteiger partial charge in [0.25, 0.3) is 0 Å². The Hall–Kier alpha value is -2.13. The number of rotatable bonds is 11. The third-order valence-electron chi connectivity index (χ3n) is 9.79. The fraction of sp³-hybridized carbons (Fsp3) is 0.656. The summed E-state index contributed by atoms with van der Waals surface area (Å²) in [6, 6.07) is 6.20. The van der Waals surface area contributed by atoms with Crippen molar-refractivity contribution in [3.63, 3.8) is 0 Å². The molecule has 2 N–H and O–H groups in total. The molecular formula is C32H46Cl2N4O4. The van der Waals surface area contributed by atoms with Crippen LogP contribution >= 0.6 is 24.0 Å². The highest BCUT2D eigenvalue weighted by Crippen LogP contribution is 2.55. The van der Waals surface area contributed by atoms with Crippen molar-refractivity contribution in [3.05, 3.63) is 41.4 Å². The molecule has 1 spiro atoms. The van der Waals surface area contributed by atoms with E-state index in [4.69, 9.17) is 16.3 Å². The van der Waals surface area contributed by atoms with E-state index in [0.717, 1.165) is 45.2 Å². The fourth-order valence-electron chi connectivity index (χ4n) is 7.56. The lowest BCUT2D eigenvalue weighted by Crippen LogP contribution is -2.58. The first-order chi connectivity index (χ1) is 19.7. The van der Waals surface area contributed by atoms with E-state index in [9.17, 15) is 14.4 Å². The Labute approximate surface area is 261 Å². The van der Waals surface area contributed by atoms with Crippen molar-refractivity contribution in [2.45, 2.75) is 83.6 Å². The minimum atomic E-state index is -1.16. The van der Waals surface area contributed by atoms with Gasteiger partial charge in [0.2, 0.25) is 17.7 Å². The number of likely N-dealkylation sites (tertiary alicyclic amines) is 1. The molecule has 2 bridgehead atoms. The van der Waals surface area contributed by atoms with Crippen molar-refractivity contribution < 1.29 is 19.1 Å². The number of amides is 3. The molecule has 1 aliphatic carbocycles. The lowest BCUT2D eigenvalue weighted by Gasteiger charge is -2.38. The quantitative estimate of drug-likeness (QED) is 0.343. The third kappa shape index (κ3) is 6.10. The molecule has 3 fully saturated rings. The zero-order valence-corrected chi connectivity index (χ0v) is 26.8. The van der Waals surface area contributed by atoms with Crippen LogP contribution in [0.3, 0.4) is 0 Å². The number of nitrogens with zero attached hydrogens (tertiary/aromatic N) is 2. The van der Waals surface area contributed by atoms with E-state index < -0.39 is 29.6 Å². The molecule has 3 amide bonds. The smallest absolute Gasteiger partial charge is 0.246 e. The van der Waals surface area contributed by atoms with Crippen LogP contribution in [-0.4, -0.2) is 77.5 Å². The van der Waals surface area contributed by atoms with Crippen LogP contribution in [0.4, 0.5) is 5.69 Å². The van der Waals surface area contributed by atoms with E-state index >= 15 is 0 Å². The zero-order chi connectivity index (χ0) is 29.3. The first-order valence-electron chi connectivity index (χ1n) is 15.5. The van der Waals surface area contributed by atoms with Crippen molar-refractivity contribution in [2.24, 2.45) is 23.7 Å². The van der Waals surface area contributed by atoms with Gasteiger partial charge < -0.3 is 25.2 Å². The number of nitrogens with one attached hydrogen (secondary N) is 2. The summed E-state index contributed by atoms with van der Waals surface area (Å²) >= 11 is 6.14. The number of ether oxygens (including phenoxy) is 1. The third-order valence-corrected chi connectivity index (χ3v) is 10.0. The molecule has 4 aliphatic rings. The number of anilines is 1. The highest BCUT2D eigenvalue weighted by Gasteiger charge is 2.72. The van der Waals surface area contributed by atoms with Gasteiger partial charge in [-0.15, -0.1) is 12.4 Å². The van der Waals surface area contributed by atoms with E-state index in [1.54, 1.807) is 29.2 Å². The first kappa shape index (κ1) is 32.8. The van der Waals surface area contributed by atoms with Gasteiger partial charge in [0.15, 0.2) is 0 Å². The van der Waals surface area contributed by atoms with Gasteiger partial charge >= 0.3 is 0 Å². The Morgan fingerprint density at radius 2 is 1.86 bits per heavy atom. The minimum Gasteiger partial charge on any atom is -0.359 e. The number of carbonyl (C=O) groups excluding carboxylic acids is 3. The van der Waals surface area contributed by atoms with Crippen LogP contribution in [-0.2, 0) is 19.1 Å². The molecule has 1 aromatic rings. The molecule has 5 rings (SSSR count). The predicted molar refractivity (Wildman–Crippen MR) is 168 cm³/mol. The van der Waals surface area contributed by atoms with Gasteiger partial charge in [-0.3, -0.25) is 14.4 Å². The Morgan fingerprint density at radius 1 is 1.12 bits per heavy atom. The van der Waals surface area contributed by atoms with Crippen LogP contribution in [0.2, 0.25) is 5.02 Å². The SMILES string of the molecule is CCCN(CCC)CCN1C(=O)[C@@H]2C(C(=O)Nc3cccc(Cl)c3)[C@@H]3C=CC2(O3)C1C(=O)NC1CCCC(C)C1C.Cl. The average Bonchev–Trinajstić information content (AvgIpc) is 3.57. The van der Waals surface area contributed by atoms with Crippen molar-refractivity contribution in [1.29, 1.82) is 0 Å². The largest absolute Gasteiger partial charge is 0.359 e. The topological polar surface area (TPSA) is 91.0 Å². The van der Waals surface area contributed by atoms with E-state index in [1.165, 1.54) is 0 Å². The molecule has 3 aliphatic heterocycles. The molecule has 8 nitrogen and oxygen atoms in total. The van der Waals surface area contributed by atoms with Crippen LogP contribution in [0.1, 0.15) is 59.8 Å².